The zero-order valence-corrected chi connectivity index (χ0v) is 9.80. The number of carbonyl (C=O) groups is 1. The number of nitrogens with one attached hydrogen (secondary N) is 1. The van der Waals surface area contributed by atoms with Crippen molar-refractivity contribution >= 4 is 17.4 Å². The number of aliphatic hydroxyl groups is 1. The lowest BCUT2D eigenvalue weighted by molar-refractivity contribution is 0.0947. The Balaban J connectivity index is 2.51. The van der Waals surface area contributed by atoms with E-state index in [1.165, 1.54) is 11.5 Å². The highest BCUT2D eigenvalue weighted by molar-refractivity contribution is 7.06. The molecule has 0 bridgehead atoms. The van der Waals surface area contributed by atoms with Crippen molar-refractivity contribution in [3.63, 3.8) is 0 Å². The molecule has 0 aromatic carbocycles. The Kier molecular flexibility index (Phi) is 4.71. The van der Waals surface area contributed by atoms with Gasteiger partial charge < -0.3 is 10.4 Å². The first kappa shape index (κ1) is 12.1. The Hall–Kier alpha value is -0.940. The van der Waals surface area contributed by atoms with Gasteiger partial charge in [0.25, 0.3) is 5.91 Å². The normalized spacial score (nSPS) is 10.7. The fourth-order valence-electron chi connectivity index (χ4n) is 1.04. The predicted octanol–water partition coefficient (Wildman–Crippen LogP) is 1.38. The first-order valence-corrected chi connectivity index (χ1v) is 5.78. The Bertz CT molecular complexity index is 323. The molecule has 1 amide bonds. The number of aliphatic hydroxyl groups excluding tert-OH is 1. The van der Waals surface area contributed by atoms with Crippen LogP contribution in [0, 0.1) is 0 Å². The first-order chi connectivity index (χ1) is 7.15. The van der Waals surface area contributed by atoms with Crippen LogP contribution < -0.4 is 5.32 Å². The average Bonchev–Trinajstić information content (AvgIpc) is 2.66. The lowest BCUT2D eigenvalue weighted by Gasteiger charge is -2.00. The third-order valence-electron chi connectivity index (χ3n) is 1.95. The summed E-state index contributed by atoms with van der Waals surface area (Å²) in [5.41, 5.74) is 0.474. The van der Waals surface area contributed by atoms with Gasteiger partial charge in [-0.05, 0) is 29.9 Å². The van der Waals surface area contributed by atoms with Gasteiger partial charge in [-0.15, -0.1) is 0 Å². The van der Waals surface area contributed by atoms with Crippen molar-refractivity contribution in [2.75, 3.05) is 13.2 Å². The Morgan fingerprint density at radius 1 is 1.67 bits per heavy atom. The maximum atomic E-state index is 11.5. The van der Waals surface area contributed by atoms with Crippen molar-refractivity contribution in [1.29, 1.82) is 0 Å². The molecule has 1 aromatic rings. The maximum absolute atomic E-state index is 11.5. The van der Waals surface area contributed by atoms with Gasteiger partial charge in [0.05, 0.1) is 0 Å². The van der Waals surface area contributed by atoms with Gasteiger partial charge in [0.15, 0.2) is 0 Å². The van der Waals surface area contributed by atoms with Crippen LogP contribution in [-0.2, 0) is 0 Å². The second-order valence-electron chi connectivity index (χ2n) is 3.60. The number of hydrogen-bond donors (Lipinski definition) is 2. The molecule has 0 unspecified atom stereocenters. The van der Waals surface area contributed by atoms with Crippen molar-refractivity contribution in [3.05, 3.63) is 16.6 Å². The number of aromatic nitrogens is 1. The minimum atomic E-state index is -0.161. The summed E-state index contributed by atoms with van der Waals surface area (Å²) in [6, 6.07) is 1.82. The summed E-state index contributed by atoms with van der Waals surface area (Å²) in [5, 5.41) is 11.3. The summed E-state index contributed by atoms with van der Waals surface area (Å²) in [5.74, 6) is 0.244. The molecule has 1 heterocycles. The monoisotopic (exact) mass is 228 g/mol. The number of rotatable bonds is 5. The molecule has 0 saturated heterocycles. The Labute approximate surface area is 93.5 Å². The van der Waals surface area contributed by atoms with E-state index in [1.807, 2.05) is 6.07 Å². The quantitative estimate of drug-likeness (QED) is 0.748. The molecule has 0 atom stereocenters. The molecule has 0 aliphatic carbocycles. The molecule has 0 fully saturated rings. The van der Waals surface area contributed by atoms with Gasteiger partial charge in [-0.3, -0.25) is 4.79 Å². The van der Waals surface area contributed by atoms with Crippen LogP contribution >= 0.6 is 11.5 Å². The summed E-state index contributed by atoms with van der Waals surface area (Å²) in [6.45, 7) is 4.72. The van der Waals surface area contributed by atoms with Gasteiger partial charge in [-0.1, -0.05) is 13.8 Å². The third kappa shape index (κ3) is 3.60. The number of carbonyl (C=O) groups excluding carboxylic acids is 1. The topological polar surface area (TPSA) is 62.2 Å². The van der Waals surface area contributed by atoms with E-state index in [-0.39, 0.29) is 12.5 Å². The minimum Gasteiger partial charge on any atom is -0.396 e. The molecule has 5 heteroatoms. The largest absolute Gasteiger partial charge is 0.396 e. The van der Waals surface area contributed by atoms with E-state index in [1.54, 1.807) is 0 Å². The molecular formula is C10H16N2O2S. The van der Waals surface area contributed by atoms with Crippen molar-refractivity contribution in [2.24, 2.45) is 0 Å². The van der Waals surface area contributed by atoms with Crippen molar-refractivity contribution in [2.45, 2.75) is 26.2 Å². The highest BCUT2D eigenvalue weighted by Crippen LogP contribution is 2.19. The maximum Gasteiger partial charge on any atom is 0.271 e. The minimum absolute atomic E-state index is 0.0919. The molecule has 0 aliphatic heterocycles. The molecule has 1 rings (SSSR count). The van der Waals surface area contributed by atoms with E-state index in [0.717, 1.165) is 4.88 Å². The summed E-state index contributed by atoms with van der Waals surface area (Å²) in [6.07, 6.45) is 0.576. The van der Waals surface area contributed by atoms with Gasteiger partial charge in [0, 0.05) is 18.0 Å². The van der Waals surface area contributed by atoms with Crippen LogP contribution in [0.3, 0.4) is 0 Å². The predicted molar refractivity (Wildman–Crippen MR) is 60.2 cm³/mol. The van der Waals surface area contributed by atoms with Crippen LogP contribution in [0.1, 0.15) is 41.6 Å². The van der Waals surface area contributed by atoms with E-state index >= 15 is 0 Å². The SMILES string of the molecule is CC(C)c1cc(C(=O)NCCCO)ns1. The van der Waals surface area contributed by atoms with E-state index in [4.69, 9.17) is 5.11 Å². The molecule has 0 aliphatic rings. The number of amides is 1. The fraction of sp³-hybridized carbons (Fsp3) is 0.600. The Morgan fingerprint density at radius 2 is 2.40 bits per heavy atom. The van der Waals surface area contributed by atoms with Crippen LogP contribution in [-0.4, -0.2) is 28.5 Å². The van der Waals surface area contributed by atoms with E-state index in [0.29, 0.717) is 24.6 Å². The molecule has 84 valence electrons. The van der Waals surface area contributed by atoms with E-state index in [2.05, 4.69) is 23.5 Å². The second kappa shape index (κ2) is 5.82. The van der Waals surface area contributed by atoms with Crippen LogP contribution in [0.4, 0.5) is 0 Å². The van der Waals surface area contributed by atoms with Gasteiger partial charge in [-0.2, -0.15) is 4.37 Å². The number of nitrogens with zero attached hydrogens (tertiary/aromatic N) is 1. The van der Waals surface area contributed by atoms with Crippen molar-refractivity contribution in [3.8, 4) is 0 Å². The fourth-order valence-corrected chi connectivity index (χ4v) is 1.75. The molecular weight excluding hydrogens is 212 g/mol. The molecule has 0 radical (unpaired) electrons. The van der Waals surface area contributed by atoms with Crippen LogP contribution in [0.2, 0.25) is 0 Å². The lowest BCUT2D eigenvalue weighted by Crippen LogP contribution is -2.25. The molecule has 0 spiro atoms. The van der Waals surface area contributed by atoms with Crippen LogP contribution in [0.25, 0.3) is 0 Å². The van der Waals surface area contributed by atoms with Crippen molar-refractivity contribution < 1.29 is 9.90 Å². The average molecular weight is 228 g/mol. The number of hydrogen-bond acceptors (Lipinski definition) is 4. The molecule has 4 nitrogen and oxygen atoms in total. The van der Waals surface area contributed by atoms with Crippen molar-refractivity contribution in [1.82, 2.24) is 9.69 Å². The molecule has 0 saturated carbocycles. The zero-order valence-electron chi connectivity index (χ0n) is 8.99. The molecule has 1 aromatic heterocycles. The summed E-state index contributed by atoms with van der Waals surface area (Å²) in [4.78, 5) is 12.6. The van der Waals surface area contributed by atoms with Gasteiger partial charge >= 0.3 is 0 Å². The lowest BCUT2D eigenvalue weighted by atomic mass is 10.2. The molecule has 2 N–H and O–H groups in total. The summed E-state index contributed by atoms with van der Waals surface area (Å²) in [7, 11) is 0. The van der Waals surface area contributed by atoms with E-state index < -0.39 is 0 Å². The smallest absolute Gasteiger partial charge is 0.271 e. The zero-order chi connectivity index (χ0) is 11.3. The third-order valence-corrected chi connectivity index (χ3v) is 3.04. The van der Waals surface area contributed by atoms with E-state index in [9.17, 15) is 4.79 Å². The first-order valence-electron chi connectivity index (χ1n) is 5.00. The molecule has 15 heavy (non-hydrogen) atoms. The highest BCUT2D eigenvalue weighted by Gasteiger charge is 2.11. The standard InChI is InChI=1S/C10H16N2O2S/c1-7(2)9-6-8(12-15-9)10(14)11-4-3-5-13/h6-7,13H,3-5H2,1-2H3,(H,11,14). The second-order valence-corrected chi connectivity index (χ2v) is 4.44. The van der Waals surface area contributed by atoms with Gasteiger partial charge in [0.1, 0.15) is 5.69 Å². The Morgan fingerprint density at radius 3 is 2.93 bits per heavy atom. The highest BCUT2D eigenvalue weighted by atomic mass is 32.1. The van der Waals surface area contributed by atoms with Crippen LogP contribution in [0.15, 0.2) is 6.07 Å². The summed E-state index contributed by atoms with van der Waals surface area (Å²) >= 11 is 1.36. The van der Waals surface area contributed by atoms with Crippen LogP contribution in [0.5, 0.6) is 0 Å². The van der Waals surface area contributed by atoms with Gasteiger partial charge in [-0.25, -0.2) is 0 Å². The van der Waals surface area contributed by atoms with Gasteiger partial charge in [0.2, 0.25) is 0 Å². The summed E-state index contributed by atoms with van der Waals surface area (Å²) < 4.78 is 4.08.